The maximum Gasteiger partial charge on any atom is 0.239 e. The molecule has 0 saturated heterocycles. The first kappa shape index (κ1) is 16.9. The van der Waals surface area contributed by atoms with Gasteiger partial charge in [-0.15, -0.1) is 0 Å². The number of amides is 2. The average Bonchev–Trinajstić information content (AvgIpc) is 2.34. The number of rotatable bonds is 9. The molecule has 3 N–H and O–H groups in total. The van der Waals surface area contributed by atoms with Crippen molar-refractivity contribution in [2.75, 3.05) is 33.9 Å². The number of ether oxygens (including phenoxy) is 1. The minimum absolute atomic E-state index is 0.0449. The SMILES string of the molecule is CCC[C@@H](N)C(=O)N(C)CC(=O)NCCCOC. The van der Waals surface area contributed by atoms with E-state index in [4.69, 9.17) is 10.5 Å². The van der Waals surface area contributed by atoms with E-state index in [2.05, 4.69) is 5.32 Å². The minimum Gasteiger partial charge on any atom is -0.385 e. The van der Waals surface area contributed by atoms with Gasteiger partial charge >= 0.3 is 0 Å². The highest BCUT2D eigenvalue weighted by Crippen LogP contribution is 1.97. The van der Waals surface area contributed by atoms with Crippen molar-refractivity contribution in [1.82, 2.24) is 10.2 Å². The highest BCUT2D eigenvalue weighted by atomic mass is 16.5. The Hall–Kier alpha value is -1.14. The number of hydrogen-bond donors (Lipinski definition) is 2. The van der Waals surface area contributed by atoms with Crippen LogP contribution < -0.4 is 11.1 Å². The first-order valence-electron chi connectivity index (χ1n) is 6.29. The number of nitrogens with one attached hydrogen (secondary N) is 1. The van der Waals surface area contributed by atoms with Crippen LogP contribution in [0.25, 0.3) is 0 Å². The van der Waals surface area contributed by atoms with Crippen LogP contribution in [0.3, 0.4) is 0 Å². The Bertz CT molecular complexity index is 259. The van der Waals surface area contributed by atoms with E-state index in [1.165, 1.54) is 4.90 Å². The molecule has 0 aliphatic heterocycles. The van der Waals surface area contributed by atoms with Gasteiger partial charge in [0.25, 0.3) is 0 Å². The number of likely N-dealkylation sites (N-methyl/N-ethyl adjacent to an activating group) is 1. The second-order valence-electron chi connectivity index (χ2n) is 4.29. The standard InChI is InChI=1S/C12H25N3O3/c1-4-6-10(13)12(17)15(2)9-11(16)14-7-5-8-18-3/h10H,4-9,13H2,1-3H3,(H,14,16)/t10-/m1/s1. The Morgan fingerprint density at radius 3 is 2.67 bits per heavy atom. The van der Waals surface area contributed by atoms with Crippen LogP contribution in [0.2, 0.25) is 0 Å². The summed E-state index contributed by atoms with van der Waals surface area (Å²) < 4.78 is 4.87. The van der Waals surface area contributed by atoms with E-state index < -0.39 is 6.04 Å². The molecule has 0 spiro atoms. The van der Waals surface area contributed by atoms with Gasteiger partial charge in [-0.05, 0) is 12.8 Å². The van der Waals surface area contributed by atoms with Crippen LogP contribution in [0, 0.1) is 0 Å². The normalized spacial score (nSPS) is 12.0. The topological polar surface area (TPSA) is 84.7 Å². The van der Waals surface area contributed by atoms with Gasteiger partial charge in [0, 0.05) is 27.3 Å². The van der Waals surface area contributed by atoms with Crippen LogP contribution in [-0.4, -0.2) is 56.6 Å². The summed E-state index contributed by atoms with van der Waals surface area (Å²) in [6.07, 6.45) is 2.25. The number of nitrogens with two attached hydrogens (primary N) is 1. The van der Waals surface area contributed by atoms with Gasteiger partial charge in [0.2, 0.25) is 11.8 Å². The van der Waals surface area contributed by atoms with Gasteiger partial charge in [-0.2, -0.15) is 0 Å². The molecule has 6 heteroatoms. The Balaban J connectivity index is 3.88. The molecule has 2 amide bonds. The second-order valence-corrected chi connectivity index (χ2v) is 4.29. The maximum absolute atomic E-state index is 11.7. The van der Waals surface area contributed by atoms with Gasteiger partial charge in [-0.25, -0.2) is 0 Å². The van der Waals surface area contributed by atoms with E-state index in [1.807, 2.05) is 6.92 Å². The Labute approximate surface area is 109 Å². The molecule has 0 unspecified atom stereocenters. The lowest BCUT2D eigenvalue weighted by atomic mass is 10.1. The Morgan fingerprint density at radius 2 is 2.11 bits per heavy atom. The molecule has 6 nitrogen and oxygen atoms in total. The van der Waals surface area contributed by atoms with Crippen molar-refractivity contribution < 1.29 is 14.3 Å². The second kappa shape index (κ2) is 9.85. The monoisotopic (exact) mass is 259 g/mol. The van der Waals surface area contributed by atoms with Crippen LogP contribution in [0.4, 0.5) is 0 Å². The molecule has 0 aromatic rings. The van der Waals surface area contributed by atoms with E-state index in [0.717, 1.165) is 12.8 Å². The number of hydrogen-bond acceptors (Lipinski definition) is 4. The zero-order valence-corrected chi connectivity index (χ0v) is 11.6. The lowest BCUT2D eigenvalue weighted by Crippen LogP contribution is -2.46. The van der Waals surface area contributed by atoms with Gasteiger partial charge in [0.15, 0.2) is 0 Å². The summed E-state index contributed by atoms with van der Waals surface area (Å²) in [5, 5.41) is 2.72. The molecule has 0 rings (SSSR count). The molecular formula is C12H25N3O3. The van der Waals surface area contributed by atoms with E-state index in [-0.39, 0.29) is 18.4 Å². The number of methoxy groups -OCH3 is 1. The lowest BCUT2D eigenvalue weighted by Gasteiger charge is -2.20. The van der Waals surface area contributed by atoms with E-state index in [9.17, 15) is 9.59 Å². The predicted octanol–water partition coefficient (Wildman–Crippen LogP) is -0.275. The first-order valence-corrected chi connectivity index (χ1v) is 6.29. The summed E-state index contributed by atoms with van der Waals surface area (Å²) >= 11 is 0. The fourth-order valence-electron chi connectivity index (χ4n) is 1.51. The molecule has 0 heterocycles. The summed E-state index contributed by atoms with van der Waals surface area (Å²) in [5.74, 6) is -0.366. The zero-order chi connectivity index (χ0) is 14.0. The van der Waals surface area contributed by atoms with Crippen molar-refractivity contribution in [3.63, 3.8) is 0 Å². The molecule has 0 aromatic carbocycles. The predicted molar refractivity (Wildman–Crippen MR) is 70.0 cm³/mol. The van der Waals surface area contributed by atoms with Crippen molar-refractivity contribution in [2.45, 2.75) is 32.2 Å². The summed E-state index contributed by atoms with van der Waals surface area (Å²) in [6, 6.07) is -0.513. The number of nitrogens with zero attached hydrogens (tertiary/aromatic N) is 1. The average molecular weight is 259 g/mol. The Kier molecular flexibility index (Phi) is 9.22. The molecule has 106 valence electrons. The third kappa shape index (κ3) is 7.24. The van der Waals surface area contributed by atoms with Crippen molar-refractivity contribution in [2.24, 2.45) is 5.73 Å². The van der Waals surface area contributed by atoms with Crippen molar-refractivity contribution in [3.05, 3.63) is 0 Å². The molecule has 0 saturated carbocycles. The van der Waals surface area contributed by atoms with Gasteiger partial charge in [-0.1, -0.05) is 13.3 Å². The summed E-state index contributed by atoms with van der Waals surface area (Å²) in [7, 11) is 3.20. The van der Waals surface area contributed by atoms with E-state index in [1.54, 1.807) is 14.2 Å². The molecule has 1 atom stereocenters. The van der Waals surface area contributed by atoms with Crippen LogP contribution in [0.1, 0.15) is 26.2 Å². The smallest absolute Gasteiger partial charge is 0.239 e. The lowest BCUT2D eigenvalue weighted by molar-refractivity contribution is -0.135. The van der Waals surface area contributed by atoms with Crippen molar-refractivity contribution >= 4 is 11.8 Å². The largest absolute Gasteiger partial charge is 0.385 e. The summed E-state index contributed by atoms with van der Waals surface area (Å²) in [6.45, 7) is 3.17. The summed E-state index contributed by atoms with van der Waals surface area (Å²) in [5.41, 5.74) is 5.70. The zero-order valence-electron chi connectivity index (χ0n) is 11.6. The van der Waals surface area contributed by atoms with Crippen molar-refractivity contribution in [3.8, 4) is 0 Å². The fraction of sp³-hybridized carbons (Fsp3) is 0.833. The molecule has 0 bridgehead atoms. The Morgan fingerprint density at radius 1 is 1.44 bits per heavy atom. The molecule has 0 aliphatic carbocycles. The molecule has 0 aromatic heterocycles. The third-order valence-electron chi connectivity index (χ3n) is 2.52. The van der Waals surface area contributed by atoms with Gasteiger partial charge < -0.3 is 20.7 Å². The van der Waals surface area contributed by atoms with Gasteiger partial charge in [0.1, 0.15) is 0 Å². The molecule has 18 heavy (non-hydrogen) atoms. The number of carbonyl (C=O) groups is 2. The quantitative estimate of drug-likeness (QED) is 0.558. The van der Waals surface area contributed by atoms with E-state index in [0.29, 0.717) is 19.6 Å². The number of carbonyl (C=O) groups excluding carboxylic acids is 2. The minimum atomic E-state index is -0.513. The maximum atomic E-state index is 11.7. The molecule has 0 fully saturated rings. The van der Waals surface area contributed by atoms with Crippen LogP contribution in [-0.2, 0) is 14.3 Å². The van der Waals surface area contributed by atoms with E-state index >= 15 is 0 Å². The first-order chi connectivity index (χ1) is 8.52. The molecule has 0 aliphatic rings. The van der Waals surface area contributed by atoms with Gasteiger partial charge in [-0.3, -0.25) is 9.59 Å². The van der Waals surface area contributed by atoms with Crippen LogP contribution >= 0.6 is 0 Å². The van der Waals surface area contributed by atoms with Crippen molar-refractivity contribution in [1.29, 1.82) is 0 Å². The highest BCUT2D eigenvalue weighted by Gasteiger charge is 2.18. The van der Waals surface area contributed by atoms with Crippen LogP contribution in [0.15, 0.2) is 0 Å². The summed E-state index contributed by atoms with van der Waals surface area (Å²) in [4.78, 5) is 24.6. The van der Waals surface area contributed by atoms with Gasteiger partial charge in [0.05, 0.1) is 12.6 Å². The fourth-order valence-corrected chi connectivity index (χ4v) is 1.51. The molecular weight excluding hydrogens is 234 g/mol. The third-order valence-corrected chi connectivity index (χ3v) is 2.52. The highest BCUT2D eigenvalue weighted by molar-refractivity contribution is 5.87. The van der Waals surface area contributed by atoms with Crippen LogP contribution in [0.5, 0.6) is 0 Å². The molecule has 0 radical (unpaired) electrons.